The number of rotatable bonds is 6. The fourth-order valence-corrected chi connectivity index (χ4v) is 3.54. The predicted octanol–water partition coefficient (Wildman–Crippen LogP) is 2.82. The van der Waals surface area contributed by atoms with Crippen molar-refractivity contribution in [2.45, 2.75) is 58.0 Å². The Labute approximate surface area is 124 Å². The first kappa shape index (κ1) is 16.0. The Kier molecular flexibility index (Phi) is 6.53. The summed E-state index contributed by atoms with van der Waals surface area (Å²) >= 11 is 0. The van der Waals surface area contributed by atoms with Gasteiger partial charge in [-0.2, -0.15) is 0 Å². The molecule has 1 aliphatic heterocycles. The largest absolute Gasteiger partial charge is 0.376 e. The molecule has 0 aromatic carbocycles. The molecular formula is C17H32N2O. The lowest BCUT2D eigenvalue weighted by molar-refractivity contribution is 0.0638. The Morgan fingerprint density at radius 2 is 2.05 bits per heavy atom. The van der Waals surface area contributed by atoms with Gasteiger partial charge in [0.15, 0.2) is 0 Å². The third-order valence-electron chi connectivity index (χ3n) is 4.82. The molecule has 20 heavy (non-hydrogen) atoms. The van der Waals surface area contributed by atoms with Gasteiger partial charge in [-0.15, -0.1) is 0 Å². The summed E-state index contributed by atoms with van der Waals surface area (Å²) in [5.74, 6) is 0.898. The van der Waals surface area contributed by atoms with Crippen LogP contribution in [0.15, 0.2) is 12.2 Å². The molecule has 0 aromatic rings. The van der Waals surface area contributed by atoms with Crippen LogP contribution in [0.3, 0.4) is 0 Å². The monoisotopic (exact) mass is 280 g/mol. The molecule has 1 N–H and O–H groups in total. The molecule has 0 aromatic heterocycles. The van der Waals surface area contributed by atoms with Gasteiger partial charge in [0.25, 0.3) is 0 Å². The van der Waals surface area contributed by atoms with Gasteiger partial charge in [-0.1, -0.05) is 31.4 Å². The van der Waals surface area contributed by atoms with Crippen LogP contribution in [0.5, 0.6) is 0 Å². The van der Waals surface area contributed by atoms with Crippen molar-refractivity contribution in [1.29, 1.82) is 0 Å². The molecule has 2 aliphatic rings. The van der Waals surface area contributed by atoms with Crippen molar-refractivity contribution in [2.24, 2.45) is 5.92 Å². The molecule has 0 spiro atoms. The molecule has 2 unspecified atom stereocenters. The van der Waals surface area contributed by atoms with Crippen molar-refractivity contribution in [2.75, 3.05) is 32.8 Å². The van der Waals surface area contributed by atoms with Crippen LogP contribution < -0.4 is 5.32 Å². The highest BCUT2D eigenvalue weighted by Gasteiger charge is 2.30. The number of piperazine rings is 1. The average molecular weight is 280 g/mol. The van der Waals surface area contributed by atoms with Crippen molar-refractivity contribution in [3.8, 4) is 0 Å². The van der Waals surface area contributed by atoms with Gasteiger partial charge in [0.2, 0.25) is 0 Å². The Morgan fingerprint density at radius 1 is 1.30 bits per heavy atom. The van der Waals surface area contributed by atoms with E-state index in [0.29, 0.717) is 18.7 Å². The minimum Gasteiger partial charge on any atom is -0.376 e. The minimum atomic E-state index is 0.628. The summed E-state index contributed by atoms with van der Waals surface area (Å²) < 4.78 is 5.67. The van der Waals surface area contributed by atoms with Crippen molar-refractivity contribution in [3.63, 3.8) is 0 Å². The summed E-state index contributed by atoms with van der Waals surface area (Å²) in [5.41, 5.74) is 1.11. The summed E-state index contributed by atoms with van der Waals surface area (Å²) in [7, 11) is 0. The molecule has 0 amide bonds. The Bertz CT molecular complexity index is 299. The van der Waals surface area contributed by atoms with Gasteiger partial charge in [0.05, 0.1) is 13.2 Å². The fourth-order valence-electron chi connectivity index (χ4n) is 3.54. The second-order valence-electron chi connectivity index (χ2n) is 6.77. The van der Waals surface area contributed by atoms with E-state index in [-0.39, 0.29) is 0 Å². The molecule has 1 saturated heterocycles. The highest BCUT2D eigenvalue weighted by atomic mass is 16.5. The van der Waals surface area contributed by atoms with E-state index in [9.17, 15) is 0 Å². The molecule has 3 heteroatoms. The van der Waals surface area contributed by atoms with Crippen molar-refractivity contribution in [3.05, 3.63) is 12.2 Å². The molecule has 2 atom stereocenters. The van der Waals surface area contributed by atoms with Crippen LogP contribution in [0.4, 0.5) is 0 Å². The van der Waals surface area contributed by atoms with E-state index in [0.717, 1.165) is 31.2 Å². The van der Waals surface area contributed by atoms with Crippen LogP contribution in [0.25, 0.3) is 0 Å². The van der Waals surface area contributed by atoms with Gasteiger partial charge in [-0.05, 0) is 32.6 Å². The van der Waals surface area contributed by atoms with E-state index < -0.39 is 0 Å². The third-order valence-corrected chi connectivity index (χ3v) is 4.82. The van der Waals surface area contributed by atoms with Crippen molar-refractivity contribution < 1.29 is 4.74 Å². The summed E-state index contributed by atoms with van der Waals surface area (Å²) in [6.45, 7) is 13.1. The molecule has 0 radical (unpaired) electrons. The van der Waals surface area contributed by atoms with E-state index >= 15 is 0 Å². The molecular weight excluding hydrogens is 248 g/mol. The van der Waals surface area contributed by atoms with Gasteiger partial charge < -0.3 is 10.1 Å². The predicted molar refractivity (Wildman–Crippen MR) is 85.0 cm³/mol. The maximum absolute atomic E-state index is 5.67. The maximum Gasteiger partial charge on any atom is 0.0672 e. The van der Waals surface area contributed by atoms with Crippen LogP contribution in [-0.2, 0) is 4.74 Å². The lowest BCUT2D eigenvalue weighted by Crippen LogP contribution is -2.58. The number of hydrogen-bond acceptors (Lipinski definition) is 3. The molecule has 116 valence electrons. The minimum absolute atomic E-state index is 0.628. The van der Waals surface area contributed by atoms with Crippen LogP contribution in [0, 0.1) is 5.92 Å². The summed E-state index contributed by atoms with van der Waals surface area (Å²) in [5, 5.41) is 3.78. The second kappa shape index (κ2) is 8.16. The van der Waals surface area contributed by atoms with Crippen molar-refractivity contribution in [1.82, 2.24) is 10.2 Å². The van der Waals surface area contributed by atoms with E-state index in [2.05, 4.69) is 23.7 Å². The summed E-state index contributed by atoms with van der Waals surface area (Å²) in [6.07, 6.45) is 7.15. The highest BCUT2D eigenvalue weighted by molar-refractivity contribution is 4.90. The molecule has 1 heterocycles. The molecule has 3 nitrogen and oxygen atoms in total. The zero-order valence-electron chi connectivity index (χ0n) is 13.4. The van der Waals surface area contributed by atoms with Gasteiger partial charge >= 0.3 is 0 Å². The van der Waals surface area contributed by atoms with Crippen LogP contribution in [0.1, 0.15) is 46.0 Å². The fraction of sp³-hybridized carbons (Fsp3) is 0.882. The smallest absolute Gasteiger partial charge is 0.0672 e. The Balaban J connectivity index is 1.74. The topological polar surface area (TPSA) is 24.5 Å². The van der Waals surface area contributed by atoms with E-state index in [1.807, 2.05) is 6.92 Å². The molecule has 1 saturated carbocycles. The molecule has 2 fully saturated rings. The first-order valence-corrected chi connectivity index (χ1v) is 8.36. The van der Waals surface area contributed by atoms with Gasteiger partial charge in [-0.3, -0.25) is 4.90 Å². The quantitative estimate of drug-likeness (QED) is 0.598. The summed E-state index contributed by atoms with van der Waals surface area (Å²) in [6, 6.07) is 1.33. The molecule has 2 rings (SSSR count). The number of nitrogens with zero attached hydrogens (tertiary/aromatic N) is 1. The van der Waals surface area contributed by atoms with Gasteiger partial charge in [0, 0.05) is 31.7 Å². The maximum atomic E-state index is 5.67. The van der Waals surface area contributed by atoms with Crippen molar-refractivity contribution >= 4 is 0 Å². The zero-order chi connectivity index (χ0) is 14.4. The third kappa shape index (κ3) is 4.87. The molecule has 0 bridgehead atoms. The zero-order valence-corrected chi connectivity index (χ0v) is 13.4. The van der Waals surface area contributed by atoms with Crippen LogP contribution in [-0.4, -0.2) is 49.8 Å². The Hall–Kier alpha value is -0.380. The number of nitrogens with one attached hydrogen (secondary N) is 1. The van der Waals surface area contributed by atoms with E-state index in [4.69, 9.17) is 4.74 Å². The normalized spacial score (nSPS) is 29.5. The lowest BCUT2D eigenvalue weighted by atomic mass is 9.82. The first-order valence-electron chi connectivity index (χ1n) is 8.36. The number of ether oxygens (including phenoxy) is 1. The molecule has 1 aliphatic carbocycles. The summed E-state index contributed by atoms with van der Waals surface area (Å²) in [4.78, 5) is 2.61. The lowest BCUT2D eigenvalue weighted by Gasteiger charge is -2.42. The van der Waals surface area contributed by atoms with Gasteiger partial charge in [-0.25, -0.2) is 0 Å². The second-order valence-corrected chi connectivity index (χ2v) is 6.77. The van der Waals surface area contributed by atoms with Crippen LogP contribution >= 0.6 is 0 Å². The highest BCUT2D eigenvalue weighted by Crippen LogP contribution is 2.28. The Morgan fingerprint density at radius 3 is 2.75 bits per heavy atom. The number of hydrogen-bond donors (Lipinski definition) is 1. The standard InChI is InChI=1S/C17H32N2O/c1-14(2)13-20-10-9-19-12-17(18-11-15(19)3)16-7-5-4-6-8-16/h15-18H,1,4-13H2,2-3H3. The van der Waals surface area contributed by atoms with Crippen LogP contribution in [0.2, 0.25) is 0 Å². The first-order chi connectivity index (χ1) is 9.66. The average Bonchev–Trinajstić information content (AvgIpc) is 2.46. The SMILES string of the molecule is C=C(C)COCCN1CC(C2CCCCC2)NCC1C. The van der Waals surface area contributed by atoms with E-state index in [1.165, 1.54) is 38.6 Å². The van der Waals surface area contributed by atoms with Gasteiger partial charge in [0.1, 0.15) is 0 Å². The van der Waals surface area contributed by atoms with E-state index in [1.54, 1.807) is 0 Å².